The maximum absolute atomic E-state index is 11.4. The third-order valence-electron chi connectivity index (χ3n) is 5.53. The lowest BCUT2D eigenvalue weighted by atomic mass is 10.0. The number of aliphatic imine (C=N–C) groups is 1. The van der Waals surface area contributed by atoms with E-state index in [4.69, 9.17) is 10.2 Å². The van der Waals surface area contributed by atoms with Crippen molar-refractivity contribution in [3.05, 3.63) is 29.8 Å². The molecule has 0 aliphatic carbocycles. The first-order chi connectivity index (χ1) is 18.1. The molecule has 0 spiro atoms. The fourth-order valence-electron chi connectivity index (χ4n) is 3.81. The largest absolute Gasteiger partial charge is 0.480 e. The number of rotatable bonds is 22. The molecule has 0 heterocycles. The Morgan fingerprint density at radius 3 is 1.97 bits per heavy atom. The van der Waals surface area contributed by atoms with Crippen molar-refractivity contribution in [2.75, 3.05) is 58.9 Å². The van der Waals surface area contributed by atoms with Crippen LogP contribution in [-0.2, 0) is 25.6 Å². The summed E-state index contributed by atoms with van der Waals surface area (Å²) in [7, 11) is 0. The summed E-state index contributed by atoms with van der Waals surface area (Å²) in [6.07, 6.45) is 1.91. The van der Waals surface area contributed by atoms with E-state index in [0.717, 1.165) is 5.56 Å². The lowest BCUT2D eigenvalue weighted by Crippen LogP contribution is -2.48. The number of carboxylic acids is 4. The number of aliphatic carboxylic acids is 4. The number of carbonyl (C=O) groups is 4. The first-order valence-electron chi connectivity index (χ1n) is 12.0. The zero-order valence-corrected chi connectivity index (χ0v) is 21.9. The molecule has 0 saturated carbocycles. The van der Waals surface area contributed by atoms with Gasteiger partial charge in [0.1, 0.15) is 0 Å². The average Bonchev–Trinajstić information content (AvgIpc) is 2.82. The summed E-state index contributed by atoms with van der Waals surface area (Å²) < 4.78 is 0. The fraction of sp³-hybridized carbons (Fsp3) is 0.542. The molecule has 1 rings (SSSR count). The van der Waals surface area contributed by atoms with E-state index in [1.54, 1.807) is 4.90 Å². The van der Waals surface area contributed by atoms with Gasteiger partial charge in [-0.15, -0.1) is 0 Å². The first kappa shape index (κ1) is 32.8. The van der Waals surface area contributed by atoms with Crippen LogP contribution in [0.15, 0.2) is 29.3 Å². The highest BCUT2D eigenvalue weighted by Gasteiger charge is 2.23. The fourth-order valence-corrected chi connectivity index (χ4v) is 3.91. The molecule has 1 atom stereocenters. The lowest BCUT2D eigenvalue weighted by molar-refractivity contribution is -0.143. The molecule has 0 amide bonds. The molecule has 14 heteroatoms. The van der Waals surface area contributed by atoms with Crippen LogP contribution >= 0.6 is 12.2 Å². The Kier molecular flexibility index (Phi) is 16.3. The first-order valence-corrected chi connectivity index (χ1v) is 12.4. The average molecular weight is 554 g/mol. The van der Waals surface area contributed by atoms with Gasteiger partial charge in [0.15, 0.2) is 0 Å². The summed E-state index contributed by atoms with van der Waals surface area (Å²) in [6, 6.07) is 7.07. The molecule has 0 saturated heterocycles. The zero-order valence-electron chi connectivity index (χ0n) is 21.0. The van der Waals surface area contributed by atoms with Gasteiger partial charge in [0, 0.05) is 38.8 Å². The van der Waals surface area contributed by atoms with Gasteiger partial charge in [0.25, 0.3) is 0 Å². The van der Waals surface area contributed by atoms with E-state index in [1.807, 2.05) is 24.3 Å². The van der Waals surface area contributed by atoms with Crippen molar-refractivity contribution in [1.29, 1.82) is 0 Å². The van der Waals surface area contributed by atoms with Crippen LogP contribution in [-0.4, -0.2) is 124 Å². The van der Waals surface area contributed by atoms with Gasteiger partial charge in [-0.3, -0.25) is 29.0 Å². The Morgan fingerprint density at radius 2 is 1.45 bits per heavy atom. The summed E-state index contributed by atoms with van der Waals surface area (Å²) in [5, 5.41) is 44.6. The highest BCUT2D eigenvalue weighted by Crippen LogP contribution is 2.15. The second-order valence-electron chi connectivity index (χ2n) is 8.55. The van der Waals surface area contributed by atoms with Gasteiger partial charge in [-0.25, -0.2) is 0 Å². The monoisotopic (exact) mass is 553 g/mol. The predicted molar refractivity (Wildman–Crippen MR) is 142 cm³/mol. The number of benzene rings is 1. The third kappa shape index (κ3) is 15.8. The van der Waals surface area contributed by atoms with E-state index in [0.29, 0.717) is 57.7 Å². The van der Waals surface area contributed by atoms with Crippen LogP contribution in [0.5, 0.6) is 0 Å². The Hall–Kier alpha value is -3.26. The summed E-state index contributed by atoms with van der Waals surface area (Å²) >= 11 is 4.60. The van der Waals surface area contributed by atoms with Crippen LogP contribution in [0, 0.1) is 0 Å². The molecule has 1 unspecified atom stereocenters. The summed E-state index contributed by atoms with van der Waals surface area (Å²) in [6.45, 7) is 0.345. The van der Waals surface area contributed by atoms with Crippen molar-refractivity contribution in [3.8, 4) is 0 Å². The van der Waals surface area contributed by atoms with Crippen molar-refractivity contribution < 1.29 is 39.6 Å². The molecule has 210 valence electrons. The minimum absolute atomic E-state index is 0.224. The van der Waals surface area contributed by atoms with Crippen LogP contribution < -0.4 is 10.6 Å². The molecule has 1 aromatic carbocycles. The number of nitrogens with one attached hydrogen (secondary N) is 2. The van der Waals surface area contributed by atoms with Crippen LogP contribution in [0.25, 0.3) is 0 Å². The highest BCUT2D eigenvalue weighted by molar-refractivity contribution is 7.78. The van der Waals surface area contributed by atoms with Crippen molar-refractivity contribution in [2.24, 2.45) is 4.99 Å². The molecule has 1 aromatic rings. The standard InChI is InChI=1S/C24H35N5O8S/c30-21(31)13-26-9-11-28(14-22(32)33)10-8-25-12-20(29(15-23(34)35)16-24(36)37)3-1-2-18-4-6-19(7-5-18)27-17-38/h4-7,20,25-26H,1-3,8-16H2,(H,30,31)(H,32,33)(H,34,35)(H,36,37). The van der Waals surface area contributed by atoms with E-state index in [-0.39, 0.29) is 19.1 Å². The molecule has 0 bridgehead atoms. The van der Waals surface area contributed by atoms with Crippen molar-refractivity contribution in [2.45, 2.75) is 25.3 Å². The number of aryl methyl sites for hydroxylation is 1. The number of isothiocyanates is 1. The highest BCUT2D eigenvalue weighted by atomic mass is 32.1. The van der Waals surface area contributed by atoms with Gasteiger partial charge >= 0.3 is 23.9 Å². The smallest absolute Gasteiger partial charge is 0.317 e. The molecule has 13 nitrogen and oxygen atoms in total. The Bertz CT molecular complexity index is 940. The van der Waals surface area contributed by atoms with E-state index in [1.165, 1.54) is 4.90 Å². The van der Waals surface area contributed by atoms with Gasteiger partial charge in [-0.1, -0.05) is 12.1 Å². The van der Waals surface area contributed by atoms with E-state index in [2.05, 4.69) is 33.0 Å². The number of hydrogen-bond donors (Lipinski definition) is 6. The van der Waals surface area contributed by atoms with Crippen molar-refractivity contribution >= 4 is 46.9 Å². The number of nitrogens with zero attached hydrogens (tertiary/aromatic N) is 3. The summed E-state index contributed by atoms with van der Waals surface area (Å²) in [5.41, 5.74) is 1.73. The predicted octanol–water partition coefficient (Wildman–Crippen LogP) is 0.234. The molecule has 0 aliphatic rings. The SMILES string of the molecule is O=C(O)CNCCN(CCNCC(CCCc1ccc(N=C=S)cc1)N(CC(=O)O)CC(=O)O)CC(=O)O. The molecule has 0 fully saturated rings. The second kappa shape index (κ2) is 18.9. The zero-order chi connectivity index (χ0) is 28.3. The molecule has 6 N–H and O–H groups in total. The van der Waals surface area contributed by atoms with Crippen LogP contribution in [0.3, 0.4) is 0 Å². The molecular weight excluding hydrogens is 518 g/mol. The van der Waals surface area contributed by atoms with Gasteiger partial charge in [0.2, 0.25) is 0 Å². The van der Waals surface area contributed by atoms with E-state index in [9.17, 15) is 29.4 Å². The van der Waals surface area contributed by atoms with Crippen molar-refractivity contribution in [3.63, 3.8) is 0 Å². The van der Waals surface area contributed by atoms with Gasteiger partial charge < -0.3 is 31.1 Å². The second-order valence-corrected chi connectivity index (χ2v) is 8.74. The minimum atomic E-state index is -1.13. The van der Waals surface area contributed by atoms with Crippen LogP contribution in [0.4, 0.5) is 5.69 Å². The van der Waals surface area contributed by atoms with Crippen LogP contribution in [0.2, 0.25) is 0 Å². The van der Waals surface area contributed by atoms with Gasteiger partial charge in [0.05, 0.1) is 37.0 Å². The van der Waals surface area contributed by atoms with Gasteiger partial charge in [-0.2, -0.15) is 4.99 Å². The normalized spacial score (nSPS) is 11.7. The molecule has 0 aromatic heterocycles. The van der Waals surface area contributed by atoms with E-state index >= 15 is 0 Å². The number of hydrogen-bond acceptors (Lipinski definition) is 10. The van der Waals surface area contributed by atoms with Crippen LogP contribution in [0.1, 0.15) is 18.4 Å². The Balaban J connectivity index is 2.72. The maximum atomic E-state index is 11.4. The lowest BCUT2D eigenvalue weighted by Gasteiger charge is -2.30. The quantitative estimate of drug-likeness (QED) is 0.0650. The molecule has 0 aliphatic heterocycles. The maximum Gasteiger partial charge on any atom is 0.317 e. The molecule has 0 radical (unpaired) electrons. The van der Waals surface area contributed by atoms with Gasteiger partial charge in [-0.05, 0) is 49.2 Å². The minimum Gasteiger partial charge on any atom is -0.480 e. The third-order valence-corrected chi connectivity index (χ3v) is 5.62. The molecule has 38 heavy (non-hydrogen) atoms. The van der Waals surface area contributed by atoms with Crippen molar-refractivity contribution in [1.82, 2.24) is 20.4 Å². The Labute approximate surface area is 226 Å². The number of carboxylic acid groups (broad SMARTS) is 4. The topological polar surface area (TPSA) is 192 Å². The number of thiocarbonyl (C=S) groups is 1. The summed E-state index contributed by atoms with van der Waals surface area (Å²) in [4.78, 5) is 51.5. The van der Waals surface area contributed by atoms with E-state index < -0.39 is 37.0 Å². The summed E-state index contributed by atoms with van der Waals surface area (Å²) in [5.74, 6) is -4.29. The molecular formula is C24H35N5O8S. The Morgan fingerprint density at radius 1 is 0.868 bits per heavy atom.